The van der Waals surface area contributed by atoms with Gasteiger partial charge in [0.05, 0.1) is 0 Å². The second-order valence-corrected chi connectivity index (χ2v) is 4.41. The van der Waals surface area contributed by atoms with Crippen LogP contribution in [0.4, 0.5) is 0 Å². The van der Waals surface area contributed by atoms with Crippen molar-refractivity contribution in [1.82, 2.24) is 0 Å². The van der Waals surface area contributed by atoms with E-state index in [-0.39, 0.29) is 19.5 Å². The Kier molecular flexibility index (Phi) is 4.87. The fourth-order valence-electron chi connectivity index (χ4n) is 0.177. The molecule has 0 fully saturated rings. The van der Waals surface area contributed by atoms with Gasteiger partial charge < -0.3 is 9.11 Å². The van der Waals surface area contributed by atoms with Crippen molar-refractivity contribution in [2.45, 2.75) is 0 Å². The monoisotopic (exact) mass is 238 g/mol. The Labute approximate surface area is 70.9 Å². The summed E-state index contributed by atoms with van der Waals surface area (Å²) in [4.78, 5) is 0. The normalized spacial score (nSPS) is 12.2. The third kappa shape index (κ3) is 11.3. The molecular weight excluding hydrogens is 238 g/mol. The molecule has 0 spiro atoms. The Morgan fingerprint density at radius 1 is 0.900 bits per heavy atom. The van der Waals surface area contributed by atoms with E-state index in [1.54, 1.807) is 0 Å². The van der Waals surface area contributed by atoms with E-state index < -0.39 is 25.3 Å². The molecule has 0 radical (unpaired) electrons. The summed E-state index contributed by atoms with van der Waals surface area (Å²) in [5.41, 5.74) is 0. The molecule has 0 aromatic carbocycles. The van der Waals surface area contributed by atoms with Gasteiger partial charge in [-0.15, -0.1) is 0 Å². The molecule has 0 rings (SSSR count). The summed E-state index contributed by atoms with van der Waals surface area (Å²) in [5, 5.41) is -1.88. The molecule has 0 bridgehead atoms. The Balaban J connectivity index is 0. The summed E-state index contributed by atoms with van der Waals surface area (Å²) in [7, 11) is -9.86. The van der Waals surface area contributed by atoms with Crippen LogP contribution in [-0.4, -0.2) is 31.0 Å². The van der Waals surface area contributed by atoms with Crippen molar-refractivity contribution in [3.8, 4) is 0 Å². The summed E-state index contributed by atoms with van der Waals surface area (Å²) in [6.07, 6.45) is 0. The van der Waals surface area contributed by atoms with Crippen LogP contribution in [0.15, 0.2) is 0 Å². The maximum atomic E-state index is 9.51. The van der Waals surface area contributed by atoms with Gasteiger partial charge in [0.1, 0.15) is 25.3 Å². The van der Waals surface area contributed by atoms with Crippen LogP contribution in [0.3, 0.4) is 0 Å². The van der Waals surface area contributed by atoms with Crippen LogP contribution in [0.25, 0.3) is 0 Å². The van der Waals surface area contributed by atoms with Crippen molar-refractivity contribution in [2.24, 2.45) is 0 Å². The molecule has 0 heterocycles. The van der Waals surface area contributed by atoms with Gasteiger partial charge in [-0.1, -0.05) is 0 Å². The molecule has 0 saturated carbocycles. The largest absolute Gasteiger partial charge is 2.00 e. The van der Waals surface area contributed by atoms with E-state index in [4.69, 9.17) is 0 Å². The van der Waals surface area contributed by atoms with Gasteiger partial charge in [0.25, 0.3) is 0 Å². The van der Waals surface area contributed by atoms with E-state index in [1.807, 2.05) is 0 Å². The zero-order valence-electron chi connectivity index (χ0n) is 4.68. The standard InChI is InChI=1S/CH4O6S2.Zn/c2-8(3,4)1-9(5,6)7;/h1H2,(H,2,3,4)(H,5,6,7);/q;+2/p-2. The predicted molar refractivity (Wildman–Crippen MR) is 24.3 cm³/mol. The van der Waals surface area contributed by atoms with Crippen LogP contribution < -0.4 is 0 Å². The van der Waals surface area contributed by atoms with Gasteiger partial charge in [0.15, 0.2) is 0 Å². The van der Waals surface area contributed by atoms with Gasteiger partial charge in [0, 0.05) is 0 Å². The maximum absolute atomic E-state index is 9.51. The molecule has 0 atom stereocenters. The van der Waals surface area contributed by atoms with Crippen molar-refractivity contribution < 1.29 is 45.4 Å². The molecule has 6 nitrogen and oxygen atoms in total. The van der Waals surface area contributed by atoms with Gasteiger partial charge in [-0.25, -0.2) is 16.8 Å². The molecule has 0 aliphatic carbocycles. The van der Waals surface area contributed by atoms with E-state index in [1.165, 1.54) is 0 Å². The number of hydrogen-bond acceptors (Lipinski definition) is 6. The molecule has 0 aliphatic rings. The van der Waals surface area contributed by atoms with Crippen molar-refractivity contribution in [1.29, 1.82) is 0 Å². The van der Waals surface area contributed by atoms with Crippen molar-refractivity contribution in [3.63, 3.8) is 0 Å². The fourth-order valence-corrected chi connectivity index (χ4v) is 1.59. The Morgan fingerprint density at radius 3 is 1.10 bits per heavy atom. The van der Waals surface area contributed by atoms with Crippen LogP contribution in [0.5, 0.6) is 0 Å². The minimum Gasteiger partial charge on any atom is -0.747 e. The van der Waals surface area contributed by atoms with E-state index in [0.717, 1.165) is 0 Å². The molecule has 0 aliphatic heterocycles. The van der Waals surface area contributed by atoms with Crippen LogP contribution >= 0.6 is 0 Å². The molecule has 0 aromatic rings. The molecule has 0 N–H and O–H groups in total. The first-order chi connectivity index (χ1) is 3.71. The Bertz CT molecular complexity index is 241. The summed E-state index contributed by atoms with van der Waals surface area (Å²) in [6, 6.07) is 0. The summed E-state index contributed by atoms with van der Waals surface area (Å²) in [6.45, 7) is 0. The Hall–Kier alpha value is 0.443. The van der Waals surface area contributed by atoms with Gasteiger partial charge >= 0.3 is 19.5 Å². The maximum Gasteiger partial charge on any atom is 2.00 e. The molecule has 10 heavy (non-hydrogen) atoms. The van der Waals surface area contributed by atoms with Gasteiger partial charge in [-0.3, -0.25) is 0 Å². The summed E-state index contributed by atoms with van der Waals surface area (Å²) in [5.74, 6) is 0. The predicted octanol–water partition coefficient (Wildman–Crippen LogP) is -1.97. The summed E-state index contributed by atoms with van der Waals surface area (Å²) >= 11 is 0. The van der Waals surface area contributed by atoms with Crippen molar-refractivity contribution in [3.05, 3.63) is 0 Å². The van der Waals surface area contributed by atoms with Crippen molar-refractivity contribution >= 4 is 20.2 Å². The molecule has 0 saturated heterocycles. The topological polar surface area (TPSA) is 114 Å². The van der Waals surface area contributed by atoms with E-state index >= 15 is 0 Å². The zero-order chi connectivity index (χ0) is 7.71. The molecular formula is CH2O6S2Zn. The zero-order valence-corrected chi connectivity index (χ0v) is 9.28. The first-order valence-corrected chi connectivity index (χ1v) is 4.73. The SMILES string of the molecule is O=S(=O)([O-])CS(=O)(=O)[O-].[Zn+2]. The second kappa shape index (κ2) is 3.73. The molecule has 9 heteroatoms. The van der Waals surface area contributed by atoms with Crippen LogP contribution in [0.1, 0.15) is 0 Å². The first-order valence-electron chi connectivity index (χ1n) is 1.58. The minimum atomic E-state index is -4.93. The smallest absolute Gasteiger partial charge is 0.747 e. The number of hydrogen-bond donors (Lipinski definition) is 0. The van der Waals surface area contributed by atoms with E-state index in [9.17, 15) is 25.9 Å². The summed E-state index contributed by atoms with van der Waals surface area (Å²) < 4.78 is 57.1. The van der Waals surface area contributed by atoms with E-state index in [2.05, 4.69) is 0 Å². The van der Waals surface area contributed by atoms with Crippen molar-refractivity contribution in [2.75, 3.05) is 5.08 Å². The fraction of sp³-hybridized carbons (Fsp3) is 1.00. The van der Waals surface area contributed by atoms with E-state index in [0.29, 0.717) is 0 Å². The van der Waals surface area contributed by atoms with Gasteiger partial charge in [-0.2, -0.15) is 0 Å². The molecule has 0 amide bonds. The molecule has 0 aromatic heterocycles. The molecule has 0 unspecified atom stereocenters. The number of rotatable bonds is 2. The molecule has 56 valence electrons. The second-order valence-electron chi connectivity index (χ2n) is 1.23. The third-order valence-corrected chi connectivity index (χ3v) is 2.60. The average Bonchev–Trinajstić information content (AvgIpc) is 1.14. The Morgan fingerprint density at radius 2 is 1.10 bits per heavy atom. The quantitative estimate of drug-likeness (QED) is 0.408. The van der Waals surface area contributed by atoms with Gasteiger partial charge in [-0.05, 0) is 0 Å². The minimum absolute atomic E-state index is 0. The average molecular weight is 240 g/mol. The first kappa shape index (κ1) is 13.1. The van der Waals surface area contributed by atoms with Crippen LogP contribution in [0, 0.1) is 0 Å². The third-order valence-electron chi connectivity index (χ3n) is 0.289. The van der Waals surface area contributed by atoms with Gasteiger partial charge in [0.2, 0.25) is 0 Å². The van der Waals surface area contributed by atoms with Crippen LogP contribution in [0.2, 0.25) is 0 Å². The van der Waals surface area contributed by atoms with Crippen LogP contribution in [-0.2, 0) is 39.7 Å².